The predicted octanol–water partition coefficient (Wildman–Crippen LogP) is 3.14. The third kappa shape index (κ3) is 3.57. The normalized spacial score (nSPS) is 18.8. The second kappa shape index (κ2) is 5.92. The number of carbonyl (C=O) groups is 1. The van der Waals surface area contributed by atoms with E-state index in [1.807, 2.05) is 0 Å². The Kier molecular flexibility index (Phi) is 4.43. The number of carbonyl (C=O) groups excluding carboxylic acids is 1. The molecular formula is C16H22FNO2. The molecule has 1 aromatic carbocycles. The minimum Gasteiger partial charge on any atom is -0.496 e. The van der Waals surface area contributed by atoms with Crippen LogP contribution in [0, 0.1) is 11.2 Å². The van der Waals surface area contributed by atoms with Crippen molar-refractivity contribution in [2.75, 3.05) is 26.7 Å². The summed E-state index contributed by atoms with van der Waals surface area (Å²) >= 11 is 0. The van der Waals surface area contributed by atoms with Crippen LogP contribution in [0.25, 0.3) is 0 Å². The van der Waals surface area contributed by atoms with Crippen molar-refractivity contribution >= 4 is 5.78 Å². The Balaban J connectivity index is 2.04. The summed E-state index contributed by atoms with van der Waals surface area (Å²) in [5, 5.41) is 0. The number of hydrogen-bond donors (Lipinski definition) is 0. The van der Waals surface area contributed by atoms with Gasteiger partial charge in [-0.15, -0.1) is 0 Å². The highest BCUT2D eigenvalue weighted by atomic mass is 19.1. The van der Waals surface area contributed by atoms with Gasteiger partial charge in [-0.3, -0.25) is 9.69 Å². The molecule has 0 atom stereocenters. The van der Waals surface area contributed by atoms with E-state index >= 15 is 0 Å². The van der Waals surface area contributed by atoms with Crippen molar-refractivity contribution in [3.8, 4) is 5.75 Å². The van der Waals surface area contributed by atoms with Crippen molar-refractivity contribution in [1.82, 2.24) is 4.90 Å². The smallest absolute Gasteiger partial charge is 0.180 e. The van der Waals surface area contributed by atoms with Crippen LogP contribution < -0.4 is 4.74 Å². The van der Waals surface area contributed by atoms with E-state index in [0.29, 0.717) is 23.3 Å². The number of halogens is 1. The lowest BCUT2D eigenvalue weighted by Crippen LogP contribution is -2.40. The van der Waals surface area contributed by atoms with Crippen LogP contribution in [0.4, 0.5) is 4.39 Å². The van der Waals surface area contributed by atoms with Crippen molar-refractivity contribution in [3.05, 3.63) is 29.6 Å². The zero-order valence-corrected chi connectivity index (χ0v) is 12.4. The summed E-state index contributed by atoms with van der Waals surface area (Å²) in [4.78, 5) is 14.5. The monoisotopic (exact) mass is 279 g/mol. The molecule has 0 aliphatic carbocycles. The highest BCUT2D eigenvalue weighted by molar-refractivity contribution is 6.00. The molecule has 0 radical (unpaired) electrons. The summed E-state index contributed by atoms with van der Waals surface area (Å²) in [5.74, 6) is -0.0521. The Hall–Kier alpha value is -1.42. The van der Waals surface area contributed by atoms with Crippen LogP contribution in [-0.2, 0) is 0 Å². The minimum atomic E-state index is -0.408. The summed E-state index contributed by atoms with van der Waals surface area (Å²) in [5.41, 5.74) is 0.688. The van der Waals surface area contributed by atoms with E-state index in [2.05, 4.69) is 18.7 Å². The van der Waals surface area contributed by atoms with Crippen LogP contribution in [0.15, 0.2) is 18.2 Å². The van der Waals surface area contributed by atoms with Crippen LogP contribution in [-0.4, -0.2) is 37.4 Å². The number of ketones is 1. The number of Topliss-reactive ketones (excluding diaryl/α,β-unsaturated/α-hetero) is 1. The number of methoxy groups -OCH3 is 1. The molecule has 2 rings (SSSR count). The first-order chi connectivity index (χ1) is 9.41. The van der Waals surface area contributed by atoms with Gasteiger partial charge in [0.1, 0.15) is 11.6 Å². The molecule has 4 heteroatoms. The van der Waals surface area contributed by atoms with E-state index in [4.69, 9.17) is 4.74 Å². The third-order valence-corrected chi connectivity index (χ3v) is 4.04. The summed E-state index contributed by atoms with van der Waals surface area (Å²) in [6.45, 7) is 6.66. The molecule has 1 aromatic rings. The second-order valence-electron chi connectivity index (χ2n) is 6.21. The summed E-state index contributed by atoms with van der Waals surface area (Å²) in [6.07, 6.45) is 2.17. The van der Waals surface area contributed by atoms with Crippen molar-refractivity contribution in [2.24, 2.45) is 5.41 Å². The van der Waals surface area contributed by atoms with Gasteiger partial charge in [0.2, 0.25) is 0 Å². The van der Waals surface area contributed by atoms with Crippen molar-refractivity contribution in [3.63, 3.8) is 0 Å². The van der Waals surface area contributed by atoms with E-state index in [9.17, 15) is 9.18 Å². The molecule has 1 heterocycles. The van der Waals surface area contributed by atoms with Gasteiger partial charge in [-0.1, -0.05) is 13.8 Å². The van der Waals surface area contributed by atoms with Crippen molar-refractivity contribution in [1.29, 1.82) is 0 Å². The number of nitrogens with zero attached hydrogens (tertiary/aromatic N) is 1. The number of likely N-dealkylation sites (tertiary alicyclic amines) is 1. The zero-order chi connectivity index (χ0) is 14.8. The van der Waals surface area contributed by atoms with E-state index in [0.717, 1.165) is 25.9 Å². The largest absolute Gasteiger partial charge is 0.496 e. The summed E-state index contributed by atoms with van der Waals surface area (Å²) in [7, 11) is 1.49. The molecule has 1 aliphatic heterocycles. The molecule has 1 fully saturated rings. The highest BCUT2D eigenvalue weighted by Crippen LogP contribution is 2.30. The molecule has 0 aromatic heterocycles. The molecule has 0 bridgehead atoms. The van der Waals surface area contributed by atoms with Crippen LogP contribution >= 0.6 is 0 Å². The van der Waals surface area contributed by atoms with Crippen LogP contribution in [0.2, 0.25) is 0 Å². The first-order valence-corrected chi connectivity index (χ1v) is 7.00. The molecule has 0 N–H and O–H groups in total. The quantitative estimate of drug-likeness (QED) is 0.793. The van der Waals surface area contributed by atoms with Gasteiger partial charge >= 0.3 is 0 Å². The molecule has 3 nitrogen and oxygen atoms in total. The van der Waals surface area contributed by atoms with Gasteiger partial charge in [-0.2, -0.15) is 0 Å². The third-order valence-electron chi connectivity index (χ3n) is 4.04. The summed E-state index contributed by atoms with van der Waals surface area (Å²) in [6, 6.07) is 4.07. The molecule has 1 saturated heterocycles. The lowest BCUT2D eigenvalue weighted by molar-refractivity contribution is 0.0842. The average Bonchev–Trinajstić information content (AvgIpc) is 2.41. The standard InChI is InChI=1S/C16H22FNO2/c1-16(2)6-8-18(9-7-16)11-14(19)13-10-12(17)4-5-15(13)20-3/h4-5,10H,6-9,11H2,1-3H3. The SMILES string of the molecule is COc1ccc(F)cc1C(=O)CN1CCC(C)(C)CC1. The van der Waals surface area contributed by atoms with E-state index < -0.39 is 5.82 Å². The fraction of sp³-hybridized carbons (Fsp3) is 0.562. The van der Waals surface area contributed by atoms with Gasteiger partial charge in [0.05, 0.1) is 19.2 Å². The fourth-order valence-electron chi connectivity index (χ4n) is 2.50. The molecule has 0 spiro atoms. The van der Waals surface area contributed by atoms with Crippen LogP contribution in [0.5, 0.6) is 5.75 Å². The molecule has 1 aliphatic rings. The first kappa shape index (κ1) is 15.0. The zero-order valence-electron chi connectivity index (χ0n) is 12.4. The Labute approximate surface area is 119 Å². The van der Waals surface area contributed by atoms with Gasteiger partial charge in [-0.25, -0.2) is 4.39 Å². The summed E-state index contributed by atoms with van der Waals surface area (Å²) < 4.78 is 18.4. The molecular weight excluding hydrogens is 257 g/mol. The molecule has 0 saturated carbocycles. The minimum absolute atomic E-state index is 0.0824. The number of benzene rings is 1. The second-order valence-corrected chi connectivity index (χ2v) is 6.21. The fourth-order valence-corrected chi connectivity index (χ4v) is 2.50. The van der Waals surface area contributed by atoms with Gasteiger partial charge in [0.25, 0.3) is 0 Å². The Morgan fingerprint density at radius 2 is 2.00 bits per heavy atom. The van der Waals surface area contributed by atoms with Gasteiger partial charge in [-0.05, 0) is 49.5 Å². The average molecular weight is 279 g/mol. The van der Waals surface area contributed by atoms with E-state index in [1.54, 1.807) is 0 Å². The Bertz CT molecular complexity index is 489. The Morgan fingerprint density at radius 1 is 1.35 bits per heavy atom. The highest BCUT2D eigenvalue weighted by Gasteiger charge is 2.27. The molecule has 0 unspecified atom stereocenters. The van der Waals surface area contributed by atoms with Crippen LogP contribution in [0.1, 0.15) is 37.0 Å². The maximum Gasteiger partial charge on any atom is 0.180 e. The van der Waals surface area contributed by atoms with Gasteiger partial charge in [0.15, 0.2) is 5.78 Å². The van der Waals surface area contributed by atoms with Crippen molar-refractivity contribution in [2.45, 2.75) is 26.7 Å². The maximum atomic E-state index is 13.3. The van der Waals surface area contributed by atoms with Crippen LogP contribution in [0.3, 0.4) is 0 Å². The number of piperidine rings is 1. The van der Waals surface area contributed by atoms with E-state index in [-0.39, 0.29) is 5.78 Å². The van der Waals surface area contributed by atoms with Gasteiger partial charge < -0.3 is 4.74 Å². The lowest BCUT2D eigenvalue weighted by atomic mass is 9.82. The van der Waals surface area contributed by atoms with Crippen molar-refractivity contribution < 1.29 is 13.9 Å². The topological polar surface area (TPSA) is 29.5 Å². The number of rotatable bonds is 4. The lowest BCUT2D eigenvalue weighted by Gasteiger charge is -2.36. The maximum absolute atomic E-state index is 13.3. The Morgan fingerprint density at radius 3 is 2.60 bits per heavy atom. The van der Waals surface area contributed by atoms with Gasteiger partial charge in [0, 0.05) is 0 Å². The first-order valence-electron chi connectivity index (χ1n) is 7.00. The van der Waals surface area contributed by atoms with E-state index in [1.165, 1.54) is 25.3 Å². The molecule has 20 heavy (non-hydrogen) atoms. The predicted molar refractivity (Wildman–Crippen MR) is 76.7 cm³/mol. The molecule has 0 amide bonds. The molecule has 110 valence electrons. The number of ether oxygens (including phenoxy) is 1. The number of hydrogen-bond acceptors (Lipinski definition) is 3.